The lowest BCUT2D eigenvalue weighted by molar-refractivity contribution is 0.0916. The van der Waals surface area contributed by atoms with E-state index >= 15 is 0 Å². The Morgan fingerprint density at radius 3 is 2.83 bits per heavy atom. The number of carbonyl (C=O) groups is 1. The van der Waals surface area contributed by atoms with Gasteiger partial charge in [-0.3, -0.25) is 4.79 Å². The van der Waals surface area contributed by atoms with Crippen molar-refractivity contribution in [1.29, 1.82) is 0 Å². The van der Waals surface area contributed by atoms with Crippen LogP contribution in [0.5, 0.6) is 5.75 Å². The van der Waals surface area contributed by atoms with Crippen molar-refractivity contribution in [3.05, 3.63) is 65.0 Å². The van der Waals surface area contributed by atoms with Crippen LogP contribution in [-0.4, -0.2) is 23.2 Å². The van der Waals surface area contributed by atoms with E-state index in [-0.39, 0.29) is 18.3 Å². The summed E-state index contributed by atoms with van der Waals surface area (Å²) in [5.41, 5.74) is 1.50. The SMILES string of the molecule is COc1ccccc1CNC(=O)c1nnc(-c2cccc(Cl)c2)o1. The molecule has 7 heteroatoms. The molecule has 1 N–H and O–H groups in total. The predicted molar refractivity (Wildman–Crippen MR) is 88.9 cm³/mol. The average Bonchev–Trinajstić information content (AvgIpc) is 3.10. The van der Waals surface area contributed by atoms with Crippen LogP contribution in [0.4, 0.5) is 0 Å². The number of hydrogen-bond donors (Lipinski definition) is 1. The summed E-state index contributed by atoms with van der Waals surface area (Å²) in [5.74, 6) is 0.365. The Bertz CT molecular complexity index is 864. The van der Waals surface area contributed by atoms with E-state index in [1.54, 1.807) is 31.4 Å². The van der Waals surface area contributed by atoms with Crippen molar-refractivity contribution in [2.75, 3.05) is 7.11 Å². The topological polar surface area (TPSA) is 77.2 Å². The number of amides is 1. The first kappa shape index (κ1) is 16.0. The molecule has 6 nitrogen and oxygen atoms in total. The van der Waals surface area contributed by atoms with Crippen LogP contribution in [0.1, 0.15) is 16.2 Å². The first-order chi connectivity index (χ1) is 11.7. The number of hydrogen-bond acceptors (Lipinski definition) is 5. The van der Waals surface area contributed by atoms with Crippen LogP contribution < -0.4 is 10.1 Å². The molecule has 0 aliphatic carbocycles. The number of rotatable bonds is 5. The molecule has 0 atom stereocenters. The predicted octanol–water partition coefficient (Wildman–Crippen LogP) is 3.33. The highest BCUT2D eigenvalue weighted by Gasteiger charge is 2.16. The minimum atomic E-state index is -0.457. The summed E-state index contributed by atoms with van der Waals surface area (Å²) in [4.78, 5) is 12.2. The van der Waals surface area contributed by atoms with Gasteiger partial charge in [0.15, 0.2) is 0 Å². The van der Waals surface area contributed by atoms with Crippen molar-refractivity contribution in [2.45, 2.75) is 6.54 Å². The molecule has 0 saturated carbocycles. The third-order valence-corrected chi connectivity index (χ3v) is 3.56. The molecule has 0 bridgehead atoms. The van der Waals surface area contributed by atoms with Gasteiger partial charge in [0.05, 0.1) is 7.11 Å². The number of ether oxygens (including phenoxy) is 1. The van der Waals surface area contributed by atoms with E-state index in [0.717, 1.165) is 5.56 Å². The fourth-order valence-electron chi connectivity index (χ4n) is 2.15. The number of aromatic nitrogens is 2. The van der Waals surface area contributed by atoms with Crippen LogP contribution in [-0.2, 0) is 6.54 Å². The van der Waals surface area contributed by atoms with E-state index < -0.39 is 5.91 Å². The number of methoxy groups -OCH3 is 1. The standard InChI is InChI=1S/C17H14ClN3O3/c1-23-14-8-3-2-5-12(14)10-19-15(22)17-21-20-16(24-17)11-6-4-7-13(18)9-11/h2-9H,10H2,1H3,(H,19,22). The number of para-hydroxylation sites is 1. The zero-order valence-electron chi connectivity index (χ0n) is 12.8. The van der Waals surface area contributed by atoms with Gasteiger partial charge in [-0.2, -0.15) is 0 Å². The molecule has 122 valence electrons. The van der Waals surface area contributed by atoms with Crippen molar-refractivity contribution in [3.63, 3.8) is 0 Å². The largest absolute Gasteiger partial charge is 0.496 e. The second-order valence-corrected chi connectivity index (χ2v) is 5.35. The monoisotopic (exact) mass is 343 g/mol. The smallest absolute Gasteiger partial charge is 0.309 e. The summed E-state index contributed by atoms with van der Waals surface area (Å²) in [5, 5.41) is 10.9. The van der Waals surface area contributed by atoms with E-state index in [2.05, 4.69) is 15.5 Å². The number of benzene rings is 2. The number of nitrogens with one attached hydrogen (secondary N) is 1. The van der Waals surface area contributed by atoms with Gasteiger partial charge in [-0.25, -0.2) is 0 Å². The van der Waals surface area contributed by atoms with Crippen LogP contribution >= 0.6 is 11.6 Å². The van der Waals surface area contributed by atoms with Crippen LogP contribution in [0.15, 0.2) is 52.9 Å². The van der Waals surface area contributed by atoms with Gasteiger partial charge in [-0.1, -0.05) is 35.9 Å². The van der Waals surface area contributed by atoms with Gasteiger partial charge in [0.1, 0.15) is 5.75 Å². The Balaban J connectivity index is 1.70. The summed E-state index contributed by atoms with van der Waals surface area (Å²) in [7, 11) is 1.58. The molecule has 0 saturated heterocycles. The first-order valence-corrected chi connectivity index (χ1v) is 7.54. The van der Waals surface area contributed by atoms with E-state index in [0.29, 0.717) is 16.3 Å². The summed E-state index contributed by atoms with van der Waals surface area (Å²) in [6, 6.07) is 14.4. The van der Waals surface area contributed by atoms with Gasteiger partial charge in [-0.05, 0) is 24.3 Å². The van der Waals surface area contributed by atoms with Gasteiger partial charge in [0.2, 0.25) is 5.89 Å². The molecule has 24 heavy (non-hydrogen) atoms. The minimum absolute atomic E-state index is 0.111. The second kappa shape index (κ2) is 7.14. The van der Waals surface area contributed by atoms with Crippen LogP contribution in [0.2, 0.25) is 5.02 Å². The Labute approximate surface area is 143 Å². The molecular formula is C17H14ClN3O3. The maximum Gasteiger partial charge on any atom is 0.309 e. The lowest BCUT2D eigenvalue weighted by atomic mass is 10.2. The molecule has 1 aromatic heterocycles. The van der Waals surface area contributed by atoms with Crippen molar-refractivity contribution in [2.24, 2.45) is 0 Å². The quantitative estimate of drug-likeness (QED) is 0.768. The maximum absolute atomic E-state index is 12.2. The normalized spacial score (nSPS) is 10.4. The van der Waals surface area contributed by atoms with Crippen LogP contribution in [0.3, 0.4) is 0 Å². The van der Waals surface area contributed by atoms with Crippen molar-refractivity contribution in [1.82, 2.24) is 15.5 Å². The van der Waals surface area contributed by atoms with Crippen molar-refractivity contribution in [3.8, 4) is 17.2 Å². The van der Waals surface area contributed by atoms with Crippen LogP contribution in [0, 0.1) is 0 Å². The zero-order chi connectivity index (χ0) is 16.9. The van der Waals surface area contributed by atoms with Crippen molar-refractivity contribution >= 4 is 17.5 Å². The Morgan fingerprint density at radius 1 is 1.21 bits per heavy atom. The second-order valence-electron chi connectivity index (χ2n) is 4.92. The molecule has 0 spiro atoms. The molecule has 1 heterocycles. The Kier molecular flexibility index (Phi) is 4.77. The Morgan fingerprint density at radius 2 is 2.04 bits per heavy atom. The van der Waals surface area contributed by atoms with E-state index in [4.69, 9.17) is 20.8 Å². The summed E-state index contributed by atoms with van der Waals surface area (Å²) in [6.45, 7) is 0.289. The fraction of sp³-hybridized carbons (Fsp3) is 0.118. The summed E-state index contributed by atoms with van der Waals surface area (Å²) < 4.78 is 10.6. The lowest BCUT2D eigenvalue weighted by Crippen LogP contribution is -2.23. The fourth-order valence-corrected chi connectivity index (χ4v) is 2.34. The van der Waals surface area contributed by atoms with Gasteiger partial charge in [0, 0.05) is 22.7 Å². The minimum Gasteiger partial charge on any atom is -0.496 e. The maximum atomic E-state index is 12.2. The summed E-state index contributed by atoms with van der Waals surface area (Å²) in [6.07, 6.45) is 0. The van der Waals surface area contributed by atoms with Crippen molar-refractivity contribution < 1.29 is 13.9 Å². The molecule has 0 aliphatic heterocycles. The zero-order valence-corrected chi connectivity index (χ0v) is 13.6. The van der Waals surface area contributed by atoms with Gasteiger partial charge in [0.25, 0.3) is 0 Å². The lowest BCUT2D eigenvalue weighted by Gasteiger charge is -2.08. The van der Waals surface area contributed by atoms with Gasteiger partial charge in [-0.15, -0.1) is 10.2 Å². The summed E-state index contributed by atoms with van der Waals surface area (Å²) >= 11 is 5.93. The highest BCUT2D eigenvalue weighted by atomic mass is 35.5. The number of carbonyl (C=O) groups excluding carboxylic acids is 1. The highest BCUT2D eigenvalue weighted by molar-refractivity contribution is 6.30. The molecule has 3 aromatic rings. The van der Waals surface area contributed by atoms with E-state index in [1.807, 2.05) is 24.3 Å². The van der Waals surface area contributed by atoms with E-state index in [1.165, 1.54) is 0 Å². The van der Waals surface area contributed by atoms with Gasteiger partial charge < -0.3 is 14.5 Å². The number of halogens is 1. The Hall–Kier alpha value is -2.86. The third-order valence-electron chi connectivity index (χ3n) is 3.32. The molecule has 0 fully saturated rings. The van der Waals surface area contributed by atoms with Gasteiger partial charge >= 0.3 is 11.8 Å². The molecule has 0 unspecified atom stereocenters. The highest BCUT2D eigenvalue weighted by Crippen LogP contribution is 2.21. The molecule has 0 aliphatic rings. The van der Waals surface area contributed by atoms with Crippen LogP contribution in [0.25, 0.3) is 11.5 Å². The molecule has 1 amide bonds. The molecule has 2 aromatic carbocycles. The number of nitrogens with zero attached hydrogens (tertiary/aromatic N) is 2. The molecule has 0 radical (unpaired) electrons. The van der Waals surface area contributed by atoms with E-state index in [9.17, 15) is 4.79 Å². The third kappa shape index (κ3) is 3.55. The first-order valence-electron chi connectivity index (χ1n) is 7.17. The molecule has 3 rings (SSSR count). The average molecular weight is 344 g/mol. The molecular weight excluding hydrogens is 330 g/mol.